The van der Waals surface area contributed by atoms with Crippen LogP contribution in [0.15, 0.2) is 4.47 Å². The quantitative estimate of drug-likeness (QED) is 0.856. The third-order valence-corrected chi connectivity index (χ3v) is 6.94. The molecular weight excluding hydrogens is 342 g/mol. The zero-order chi connectivity index (χ0) is 14.9. The van der Waals surface area contributed by atoms with E-state index in [4.69, 9.17) is 0 Å². The molecule has 2 rings (SSSR count). The Morgan fingerprint density at radius 1 is 1.55 bits per heavy atom. The van der Waals surface area contributed by atoms with Gasteiger partial charge in [-0.15, -0.1) is 0 Å². The molecule has 0 bridgehead atoms. The Labute approximate surface area is 129 Å². The monoisotopic (exact) mass is 363 g/mol. The van der Waals surface area contributed by atoms with Crippen molar-refractivity contribution < 1.29 is 8.42 Å². The number of nitrogens with one attached hydrogen (secondary N) is 1. The van der Waals surface area contributed by atoms with E-state index in [1.54, 1.807) is 0 Å². The predicted molar refractivity (Wildman–Crippen MR) is 83.5 cm³/mol. The van der Waals surface area contributed by atoms with Gasteiger partial charge in [-0.25, -0.2) is 8.42 Å². The van der Waals surface area contributed by atoms with Gasteiger partial charge in [0, 0.05) is 7.05 Å². The molecular formula is C13H22BrN3O2S. The van der Waals surface area contributed by atoms with Gasteiger partial charge in [-0.1, -0.05) is 0 Å². The Bertz CT molecular complexity index is 583. The minimum Gasteiger partial charge on any atom is -0.319 e. The number of nitrogens with zero attached hydrogens (tertiary/aromatic N) is 2. The summed E-state index contributed by atoms with van der Waals surface area (Å²) < 4.78 is 26.3. The molecule has 1 aliphatic heterocycles. The van der Waals surface area contributed by atoms with Crippen LogP contribution in [-0.4, -0.2) is 43.3 Å². The van der Waals surface area contributed by atoms with Crippen LogP contribution in [0.25, 0.3) is 0 Å². The fraction of sp³-hybridized carbons (Fsp3) is 0.769. The molecule has 0 spiro atoms. The average molecular weight is 364 g/mol. The molecule has 2 heterocycles. The minimum atomic E-state index is -2.83. The molecule has 0 aliphatic carbocycles. The molecule has 1 aromatic rings. The van der Waals surface area contributed by atoms with Gasteiger partial charge in [-0.2, -0.15) is 5.10 Å². The Morgan fingerprint density at radius 2 is 2.25 bits per heavy atom. The lowest BCUT2D eigenvalue weighted by Gasteiger charge is -2.22. The zero-order valence-electron chi connectivity index (χ0n) is 12.2. The van der Waals surface area contributed by atoms with Crippen molar-refractivity contribution in [2.45, 2.75) is 19.8 Å². The lowest BCUT2D eigenvalue weighted by Crippen LogP contribution is -2.29. The Balaban J connectivity index is 2.18. The first-order valence-electron chi connectivity index (χ1n) is 6.87. The van der Waals surface area contributed by atoms with E-state index in [0.717, 1.165) is 35.2 Å². The van der Waals surface area contributed by atoms with E-state index in [9.17, 15) is 8.42 Å². The van der Waals surface area contributed by atoms with Crippen LogP contribution in [0.2, 0.25) is 0 Å². The lowest BCUT2D eigenvalue weighted by atomic mass is 9.87. The molecule has 1 aromatic heterocycles. The van der Waals surface area contributed by atoms with Crippen molar-refractivity contribution in [3.8, 4) is 0 Å². The van der Waals surface area contributed by atoms with Crippen LogP contribution in [0.4, 0.5) is 0 Å². The SMILES string of the molecule is CNCC(Cc1c(Br)c(C)nn1C)C1CCS(=O)(=O)C1. The largest absolute Gasteiger partial charge is 0.319 e. The fourth-order valence-electron chi connectivity index (χ4n) is 3.01. The second-order valence-corrected chi connectivity index (χ2v) is 8.68. The third kappa shape index (κ3) is 3.43. The summed E-state index contributed by atoms with van der Waals surface area (Å²) in [6, 6.07) is 0. The average Bonchev–Trinajstić information content (AvgIpc) is 2.83. The second-order valence-electron chi connectivity index (χ2n) is 5.65. The second kappa shape index (κ2) is 6.15. The van der Waals surface area contributed by atoms with Crippen molar-refractivity contribution in [2.75, 3.05) is 25.1 Å². The van der Waals surface area contributed by atoms with Crippen molar-refractivity contribution in [3.63, 3.8) is 0 Å². The Kier molecular flexibility index (Phi) is 4.92. The van der Waals surface area contributed by atoms with Crippen molar-refractivity contribution in [1.82, 2.24) is 15.1 Å². The summed E-state index contributed by atoms with van der Waals surface area (Å²) in [4.78, 5) is 0. The van der Waals surface area contributed by atoms with Crippen LogP contribution in [0.1, 0.15) is 17.8 Å². The molecule has 2 atom stereocenters. The highest BCUT2D eigenvalue weighted by Gasteiger charge is 2.34. The molecule has 0 aromatic carbocycles. The Morgan fingerprint density at radius 3 is 2.70 bits per heavy atom. The summed E-state index contributed by atoms with van der Waals surface area (Å²) in [6.45, 7) is 2.80. The number of hydrogen-bond acceptors (Lipinski definition) is 4. The van der Waals surface area contributed by atoms with Crippen LogP contribution in [0.3, 0.4) is 0 Å². The first-order chi connectivity index (χ1) is 9.34. The summed E-state index contributed by atoms with van der Waals surface area (Å²) in [5.74, 6) is 1.23. The molecule has 7 heteroatoms. The van der Waals surface area contributed by atoms with Crippen molar-refractivity contribution in [2.24, 2.45) is 18.9 Å². The van der Waals surface area contributed by atoms with Crippen LogP contribution in [0.5, 0.6) is 0 Å². The molecule has 5 nitrogen and oxygen atoms in total. The molecule has 1 saturated heterocycles. The van der Waals surface area contributed by atoms with Crippen LogP contribution >= 0.6 is 15.9 Å². The standard InChI is InChI=1S/C13H22BrN3O2S/c1-9-13(14)12(17(3)16-9)6-11(7-15-2)10-4-5-20(18,19)8-10/h10-11,15H,4-8H2,1-3H3. The summed E-state index contributed by atoms with van der Waals surface area (Å²) in [5, 5.41) is 7.61. The highest BCUT2D eigenvalue weighted by Crippen LogP contribution is 2.31. The van der Waals surface area contributed by atoms with Gasteiger partial charge in [0.15, 0.2) is 9.84 Å². The summed E-state index contributed by atoms with van der Waals surface area (Å²) in [6.07, 6.45) is 1.63. The van der Waals surface area contributed by atoms with Gasteiger partial charge in [0.25, 0.3) is 0 Å². The molecule has 1 aliphatic rings. The highest BCUT2D eigenvalue weighted by molar-refractivity contribution is 9.10. The van der Waals surface area contributed by atoms with Crippen molar-refractivity contribution in [1.29, 1.82) is 0 Å². The maximum absolute atomic E-state index is 11.7. The third-order valence-electron chi connectivity index (χ3n) is 4.12. The van der Waals surface area contributed by atoms with Crippen LogP contribution in [0, 0.1) is 18.8 Å². The van der Waals surface area contributed by atoms with E-state index in [0.29, 0.717) is 17.4 Å². The molecule has 0 radical (unpaired) electrons. The van der Waals surface area contributed by atoms with E-state index >= 15 is 0 Å². The summed E-state index contributed by atoms with van der Waals surface area (Å²) >= 11 is 3.59. The van der Waals surface area contributed by atoms with Crippen molar-refractivity contribution >= 4 is 25.8 Å². The molecule has 114 valence electrons. The van der Waals surface area contributed by atoms with Gasteiger partial charge in [0.2, 0.25) is 0 Å². The van der Waals surface area contributed by atoms with Gasteiger partial charge in [-0.05, 0) is 61.1 Å². The molecule has 20 heavy (non-hydrogen) atoms. The van der Waals surface area contributed by atoms with Gasteiger partial charge in [-0.3, -0.25) is 4.68 Å². The summed E-state index contributed by atoms with van der Waals surface area (Å²) in [7, 11) is 1.03. The number of aryl methyl sites for hydroxylation is 2. The van der Waals surface area contributed by atoms with E-state index in [1.165, 1.54) is 0 Å². The maximum Gasteiger partial charge on any atom is 0.150 e. The smallest absolute Gasteiger partial charge is 0.150 e. The number of sulfone groups is 1. The number of hydrogen-bond donors (Lipinski definition) is 1. The van der Waals surface area contributed by atoms with Gasteiger partial charge >= 0.3 is 0 Å². The van der Waals surface area contributed by atoms with Gasteiger partial charge in [0.1, 0.15) is 0 Å². The van der Waals surface area contributed by atoms with Gasteiger partial charge in [0.05, 0.1) is 27.4 Å². The van der Waals surface area contributed by atoms with Crippen LogP contribution < -0.4 is 5.32 Å². The lowest BCUT2D eigenvalue weighted by molar-refractivity contribution is 0.345. The molecule has 1 fully saturated rings. The van der Waals surface area contributed by atoms with Crippen LogP contribution in [-0.2, 0) is 23.3 Å². The number of aromatic nitrogens is 2. The molecule has 0 saturated carbocycles. The number of rotatable bonds is 5. The Hall–Kier alpha value is -0.400. The molecule has 0 amide bonds. The minimum absolute atomic E-state index is 0.245. The van der Waals surface area contributed by atoms with E-state index in [1.807, 2.05) is 25.7 Å². The highest BCUT2D eigenvalue weighted by atomic mass is 79.9. The number of halogens is 1. The first kappa shape index (κ1) is 16.0. The normalized spacial score (nSPS) is 23.1. The topological polar surface area (TPSA) is 64.0 Å². The zero-order valence-corrected chi connectivity index (χ0v) is 14.6. The molecule has 1 N–H and O–H groups in total. The molecule has 2 unspecified atom stereocenters. The maximum atomic E-state index is 11.7. The predicted octanol–water partition coefficient (Wildman–Crippen LogP) is 1.30. The first-order valence-corrected chi connectivity index (χ1v) is 9.48. The summed E-state index contributed by atoms with van der Waals surface area (Å²) in [5.41, 5.74) is 2.12. The van der Waals surface area contributed by atoms with E-state index in [-0.39, 0.29) is 5.92 Å². The van der Waals surface area contributed by atoms with Gasteiger partial charge < -0.3 is 5.32 Å². The van der Waals surface area contributed by atoms with E-state index < -0.39 is 9.84 Å². The van der Waals surface area contributed by atoms with E-state index in [2.05, 4.69) is 26.3 Å². The van der Waals surface area contributed by atoms with Crippen molar-refractivity contribution in [3.05, 3.63) is 15.9 Å². The fourth-order valence-corrected chi connectivity index (χ4v) is 5.43.